The van der Waals surface area contributed by atoms with Gasteiger partial charge in [0.05, 0.1) is 6.61 Å². The second kappa shape index (κ2) is 9.53. The van der Waals surface area contributed by atoms with E-state index in [4.69, 9.17) is 17.0 Å². The second-order valence-electron chi connectivity index (χ2n) is 5.55. The summed E-state index contributed by atoms with van der Waals surface area (Å²) in [7, 11) is 0. The van der Waals surface area contributed by atoms with Gasteiger partial charge in [0, 0.05) is 11.1 Å². The van der Waals surface area contributed by atoms with Crippen molar-refractivity contribution in [3.05, 3.63) is 65.2 Å². The number of hydrogen-bond donors (Lipinski definition) is 3. The van der Waals surface area contributed by atoms with Gasteiger partial charge in [0.25, 0.3) is 11.8 Å². The molecule has 2 amide bonds. The number of rotatable bonds is 5. The Bertz CT molecular complexity index is 808. The van der Waals surface area contributed by atoms with Crippen LogP contribution in [0.15, 0.2) is 48.5 Å². The fourth-order valence-corrected chi connectivity index (χ4v) is 2.31. The molecule has 0 radical (unpaired) electrons. The summed E-state index contributed by atoms with van der Waals surface area (Å²) in [6.07, 6.45) is 0.880. The van der Waals surface area contributed by atoms with Gasteiger partial charge in [-0.05, 0) is 55.4 Å². The zero-order valence-electron chi connectivity index (χ0n) is 14.7. The summed E-state index contributed by atoms with van der Waals surface area (Å²) in [6.45, 7) is 4.42. The number of nitrogens with one attached hydrogen (secondary N) is 3. The van der Waals surface area contributed by atoms with E-state index >= 15 is 0 Å². The molecule has 0 bridgehead atoms. The zero-order valence-corrected chi connectivity index (χ0v) is 15.5. The third-order valence-electron chi connectivity index (χ3n) is 3.48. The van der Waals surface area contributed by atoms with Gasteiger partial charge >= 0.3 is 0 Å². The molecule has 0 aliphatic heterocycles. The van der Waals surface area contributed by atoms with Gasteiger partial charge in [-0.25, -0.2) is 0 Å². The molecule has 0 saturated heterocycles. The van der Waals surface area contributed by atoms with E-state index in [-0.39, 0.29) is 11.0 Å². The molecule has 2 aromatic carbocycles. The Balaban J connectivity index is 1.88. The predicted octanol–water partition coefficient (Wildman–Crippen LogP) is 2.73. The minimum absolute atomic E-state index is 0.00295. The molecular formula is C19H21N3O3S. The van der Waals surface area contributed by atoms with Gasteiger partial charge in [0.15, 0.2) is 5.11 Å². The van der Waals surface area contributed by atoms with Crippen LogP contribution in [-0.2, 0) is 0 Å². The maximum absolute atomic E-state index is 12.2. The molecular weight excluding hydrogens is 350 g/mol. The van der Waals surface area contributed by atoms with Crippen molar-refractivity contribution in [2.75, 3.05) is 6.61 Å². The molecule has 7 heteroatoms. The highest BCUT2D eigenvalue weighted by atomic mass is 32.1. The summed E-state index contributed by atoms with van der Waals surface area (Å²) in [4.78, 5) is 24.4. The number of aryl methyl sites for hydroxylation is 1. The molecule has 136 valence electrons. The lowest BCUT2D eigenvalue weighted by Gasteiger charge is -2.12. The predicted molar refractivity (Wildman–Crippen MR) is 104 cm³/mol. The number of ether oxygens (including phenoxy) is 1. The minimum Gasteiger partial charge on any atom is -0.494 e. The Morgan fingerprint density at radius 3 is 2.54 bits per heavy atom. The van der Waals surface area contributed by atoms with Crippen molar-refractivity contribution in [3.8, 4) is 5.75 Å². The van der Waals surface area contributed by atoms with Crippen molar-refractivity contribution >= 4 is 29.1 Å². The van der Waals surface area contributed by atoms with Crippen LogP contribution >= 0.6 is 12.2 Å². The lowest BCUT2D eigenvalue weighted by Crippen LogP contribution is -2.48. The van der Waals surface area contributed by atoms with Gasteiger partial charge in [-0.2, -0.15) is 0 Å². The number of benzene rings is 2. The van der Waals surface area contributed by atoms with E-state index in [9.17, 15) is 9.59 Å². The standard InChI is InChI=1S/C19H21N3O3S/c1-3-11-25-15-9-6-8-14(12-15)17(23)20-19(26)22-21-18(24)16-10-5-4-7-13(16)2/h4-10,12H,3,11H2,1-2H3,(H,21,24)(H2,20,22,23,26). The van der Waals surface area contributed by atoms with Crippen LogP contribution in [0.5, 0.6) is 5.75 Å². The normalized spacial score (nSPS) is 9.92. The quantitative estimate of drug-likeness (QED) is 0.556. The molecule has 3 N–H and O–H groups in total. The van der Waals surface area contributed by atoms with E-state index in [2.05, 4.69) is 16.2 Å². The molecule has 6 nitrogen and oxygen atoms in total. The van der Waals surface area contributed by atoms with Crippen molar-refractivity contribution in [2.24, 2.45) is 0 Å². The lowest BCUT2D eigenvalue weighted by molar-refractivity contribution is 0.0934. The fraction of sp³-hybridized carbons (Fsp3) is 0.211. The van der Waals surface area contributed by atoms with Gasteiger partial charge in [-0.3, -0.25) is 25.8 Å². The Hall–Kier alpha value is -2.93. The second-order valence-corrected chi connectivity index (χ2v) is 5.96. The van der Waals surface area contributed by atoms with Crippen LogP contribution < -0.4 is 20.9 Å². The Morgan fingerprint density at radius 1 is 1.04 bits per heavy atom. The summed E-state index contributed by atoms with van der Waals surface area (Å²) >= 11 is 5.05. The molecule has 0 aliphatic carbocycles. The molecule has 0 saturated carbocycles. The molecule has 0 aliphatic rings. The zero-order chi connectivity index (χ0) is 18.9. The molecule has 0 aromatic heterocycles. The topological polar surface area (TPSA) is 79.5 Å². The highest BCUT2D eigenvalue weighted by molar-refractivity contribution is 7.80. The maximum atomic E-state index is 12.2. The number of carbonyl (C=O) groups excluding carboxylic acids is 2. The van der Waals surface area contributed by atoms with Crippen molar-refractivity contribution in [3.63, 3.8) is 0 Å². The van der Waals surface area contributed by atoms with Crippen LogP contribution in [0.2, 0.25) is 0 Å². The SMILES string of the molecule is CCCOc1cccc(C(=O)NC(=S)NNC(=O)c2ccccc2C)c1. The highest BCUT2D eigenvalue weighted by Gasteiger charge is 2.11. The smallest absolute Gasteiger partial charge is 0.269 e. The van der Waals surface area contributed by atoms with Crippen LogP contribution in [0.25, 0.3) is 0 Å². The van der Waals surface area contributed by atoms with Crippen molar-refractivity contribution in [1.29, 1.82) is 0 Å². The first-order valence-electron chi connectivity index (χ1n) is 8.21. The molecule has 0 heterocycles. The van der Waals surface area contributed by atoms with Crippen LogP contribution in [0, 0.1) is 6.92 Å². The fourth-order valence-electron chi connectivity index (χ4n) is 2.16. The van der Waals surface area contributed by atoms with Crippen LogP contribution in [0.4, 0.5) is 0 Å². The Morgan fingerprint density at radius 2 is 1.81 bits per heavy atom. The van der Waals surface area contributed by atoms with Crippen LogP contribution in [-0.4, -0.2) is 23.5 Å². The average Bonchev–Trinajstić information content (AvgIpc) is 2.65. The molecule has 0 unspecified atom stereocenters. The molecule has 0 spiro atoms. The highest BCUT2D eigenvalue weighted by Crippen LogP contribution is 2.13. The van der Waals surface area contributed by atoms with Gasteiger partial charge in [-0.1, -0.05) is 31.2 Å². The first-order chi connectivity index (χ1) is 12.5. The first kappa shape index (κ1) is 19.4. The summed E-state index contributed by atoms with van der Waals surface area (Å²) in [5, 5.41) is 2.51. The number of hydrogen-bond acceptors (Lipinski definition) is 4. The van der Waals surface area contributed by atoms with E-state index in [1.807, 2.05) is 26.0 Å². The monoisotopic (exact) mass is 371 g/mol. The maximum Gasteiger partial charge on any atom is 0.269 e. The third-order valence-corrected chi connectivity index (χ3v) is 3.68. The number of amides is 2. The molecule has 0 fully saturated rings. The third kappa shape index (κ3) is 5.56. The number of hydrazine groups is 1. The van der Waals surface area contributed by atoms with Crippen molar-refractivity contribution in [2.45, 2.75) is 20.3 Å². The summed E-state index contributed by atoms with van der Waals surface area (Å²) in [5.41, 5.74) is 6.76. The van der Waals surface area contributed by atoms with E-state index in [1.165, 1.54) is 0 Å². The summed E-state index contributed by atoms with van der Waals surface area (Å²) in [6, 6.07) is 14.0. The van der Waals surface area contributed by atoms with E-state index in [0.717, 1.165) is 12.0 Å². The van der Waals surface area contributed by atoms with Gasteiger partial charge in [-0.15, -0.1) is 0 Å². The number of carbonyl (C=O) groups is 2. The number of thiocarbonyl (C=S) groups is 1. The van der Waals surface area contributed by atoms with Gasteiger partial charge in [0.1, 0.15) is 5.75 Å². The Kier molecular flexibility index (Phi) is 7.11. The molecule has 2 aromatic rings. The summed E-state index contributed by atoms with van der Waals surface area (Å²) in [5.74, 6) is -0.115. The average molecular weight is 371 g/mol. The van der Waals surface area contributed by atoms with E-state index in [0.29, 0.717) is 23.5 Å². The van der Waals surface area contributed by atoms with E-state index < -0.39 is 5.91 Å². The minimum atomic E-state index is -0.394. The molecule has 26 heavy (non-hydrogen) atoms. The summed E-state index contributed by atoms with van der Waals surface area (Å²) < 4.78 is 5.50. The van der Waals surface area contributed by atoms with Crippen molar-refractivity contribution < 1.29 is 14.3 Å². The van der Waals surface area contributed by atoms with Gasteiger partial charge < -0.3 is 4.74 Å². The van der Waals surface area contributed by atoms with Crippen LogP contribution in [0.1, 0.15) is 39.6 Å². The lowest BCUT2D eigenvalue weighted by atomic mass is 10.1. The van der Waals surface area contributed by atoms with Crippen molar-refractivity contribution in [1.82, 2.24) is 16.2 Å². The molecule has 2 rings (SSSR count). The first-order valence-corrected chi connectivity index (χ1v) is 8.62. The molecule has 0 atom stereocenters. The van der Waals surface area contributed by atoms with Gasteiger partial charge in [0.2, 0.25) is 0 Å². The van der Waals surface area contributed by atoms with E-state index in [1.54, 1.807) is 36.4 Å². The van der Waals surface area contributed by atoms with Crippen LogP contribution in [0.3, 0.4) is 0 Å². The largest absolute Gasteiger partial charge is 0.494 e. The Labute approximate surface area is 157 Å².